The summed E-state index contributed by atoms with van der Waals surface area (Å²) < 4.78 is 57.8. The van der Waals surface area contributed by atoms with E-state index < -0.39 is 32.9 Å². The molecule has 9 heteroatoms. The third-order valence-electron chi connectivity index (χ3n) is 0.831. The van der Waals surface area contributed by atoms with E-state index >= 15 is 0 Å². The Morgan fingerprint density at radius 1 is 1.15 bits per heavy atom. The van der Waals surface area contributed by atoms with Crippen molar-refractivity contribution in [1.29, 1.82) is 0 Å². The van der Waals surface area contributed by atoms with Crippen LogP contribution >= 0.6 is 0 Å². The average Bonchev–Trinajstić information content (AvgIpc) is 1.82. The average molecular weight is 234 g/mol. The van der Waals surface area contributed by atoms with Gasteiger partial charge in [-0.05, 0) is 6.92 Å². The molecule has 0 unspecified atom stereocenters. The van der Waals surface area contributed by atoms with Crippen molar-refractivity contribution in [1.82, 2.24) is 0 Å². The molecular formula is C4H10O7S2. The van der Waals surface area contributed by atoms with Gasteiger partial charge in [-0.3, -0.25) is 4.55 Å². The summed E-state index contributed by atoms with van der Waals surface area (Å²) in [6, 6.07) is 0. The highest BCUT2D eigenvalue weighted by Gasteiger charge is 2.13. The highest BCUT2D eigenvalue weighted by molar-refractivity contribution is 7.85. The predicted molar refractivity (Wildman–Crippen MR) is 42.9 cm³/mol. The van der Waals surface area contributed by atoms with Crippen molar-refractivity contribution >= 4 is 20.5 Å². The second-order valence-corrected chi connectivity index (χ2v) is 4.78. The molecule has 0 aromatic carbocycles. The second kappa shape index (κ2) is 4.86. The first-order valence-electron chi connectivity index (χ1n) is 3.26. The van der Waals surface area contributed by atoms with Crippen LogP contribution in [0.2, 0.25) is 0 Å². The Kier molecular flexibility index (Phi) is 4.78. The van der Waals surface area contributed by atoms with Crippen LogP contribution in [0.15, 0.2) is 0 Å². The molecule has 7 nitrogen and oxygen atoms in total. The van der Waals surface area contributed by atoms with Gasteiger partial charge < -0.3 is 0 Å². The van der Waals surface area contributed by atoms with Gasteiger partial charge in [0.05, 0.1) is 13.2 Å². The third-order valence-corrected chi connectivity index (χ3v) is 2.49. The Labute approximate surface area is 76.7 Å². The van der Waals surface area contributed by atoms with Gasteiger partial charge in [0.1, 0.15) is 5.75 Å². The molecule has 0 saturated carbocycles. The van der Waals surface area contributed by atoms with E-state index in [9.17, 15) is 16.8 Å². The van der Waals surface area contributed by atoms with Crippen molar-refractivity contribution in [3.63, 3.8) is 0 Å². The van der Waals surface area contributed by atoms with E-state index in [1.54, 1.807) is 0 Å². The fraction of sp³-hybridized carbons (Fsp3) is 1.00. The van der Waals surface area contributed by atoms with E-state index in [0.717, 1.165) is 0 Å². The van der Waals surface area contributed by atoms with Crippen molar-refractivity contribution in [3.05, 3.63) is 0 Å². The van der Waals surface area contributed by atoms with Crippen LogP contribution in [0.25, 0.3) is 0 Å². The first-order chi connectivity index (χ1) is 5.77. The molecule has 0 spiro atoms. The van der Waals surface area contributed by atoms with Crippen LogP contribution in [0.3, 0.4) is 0 Å². The first kappa shape index (κ1) is 12.8. The molecule has 0 heterocycles. The maximum absolute atomic E-state index is 10.6. The minimum absolute atomic E-state index is 0.103. The number of hydrogen-bond donors (Lipinski definition) is 1. The largest absolute Gasteiger partial charge is 0.399 e. The molecule has 0 saturated heterocycles. The second-order valence-electron chi connectivity index (χ2n) is 1.92. The molecule has 0 aliphatic rings. The summed E-state index contributed by atoms with van der Waals surface area (Å²) in [7, 11) is -8.34. The van der Waals surface area contributed by atoms with Crippen LogP contribution in [-0.2, 0) is 28.9 Å². The minimum Gasteiger partial charge on any atom is -0.285 e. The Morgan fingerprint density at radius 3 is 2.08 bits per heavy atom. The Hall–Kier alpha value is -0.220. The Morgan fingerprint density at radius 2 is 1.69 bits per heavy atom. The van der Waals surface area contributed by atoms with Crippen LogP contribution in [0, 0.1) is 0 Å². The van der Waals surface area contributed by atoms with Crippen molar-refractivity contribution in [2.24, 2.45) is 0 Å². The molecule has 0 bridgehead atoms. The van der Waals surface area contributed by atoms with Gasteiger partial charge in [0.15, 0.2) is 0 Å². The summed E-state index contributed by atoms with van der Waals surface area (Å²) in [5.74, 6) is -0.792. The van der Waals surface area contributed by atoms with Crippen LogP contribution in [0.4, 0.5) is 0 Å². The van der Waals surface area contributed by atoms with Crippen LogP contribution in [0.5, 0.6) is 0 Å². The number of rotatable bonds is 6. The summed E-state index contributed by atoms with van der Waals surface area (Å²) in [5, 5.41) is 0. The molecule has 13 heavy (non-hydrogen) atoms. The Balaban J connectivity index is 3.91. The highest BCUT2D eigenvalue weighted by Crippen LogP contribution is 1.95. The molecule has 0 aromatic heterocycles. The van der Waals surface area contributed by atoms with Gasteiger partial charge in [0, 0.05) is 0 Å². The van der Waals surface area contributed by atoms with E-state index in [-0.39, 0.29) is 6.61 Å². The van der Waals surface area contributed by atoms with Gasteiger partial charge in [-0.2, -0.15) is 16.8 Å². The van der Waals surface area contributed by atoms with Crippen molar-refractivity contribution in [2.75, 3.05) is 19.0 Å². The lowest BCUT2D eigenvalue weighted by Gasteiger charge is -2.02. The fourth-order valence-corrected chi connectivity index (χ4v) is 1.46. The summed E-state index contributed by atoms with van der Waals surface area (Å²) in [4.78, 5) is 0. The lowest BCUT2D eigenvalue weighted by molar-refractivity contribution is 0.230. The van der Waals surface area contributed by atoms with Gasteiger partial charge in [-0.25, -0.2) is 8.37 Å². The van der Waals surface area contributed by atoms with Gasteiger partial charge in [-0.1, -0.05) is 0 Å². The molecule has 0 atom stereocenters. The number of hydrogen-bond acceptors (Lipinski definition) is 6. The molecule has 0 aromatic rings. The van der Waals surface area contributed by atoms with Gasteiger partial charge in [0.25, 0.3) is 10.1 Å². The van der Waals surface area contributed by atoms with Crippen LogP contribution < -0.4 is 0 Å². The fourth-order valence-electron chi connectivity index (χ4n) is 0.420. The summed E-state index contributed by atoms with van der Waals surface area (Å²) in [6.07, 6.45) is 0. The molecule has 0 rings (SSSR count). The maximum Gasteiger partial charge on any atom is 0.399 e. The molecule has 0 amide bonds. The van der Waals surface area contributed by atoms with E-state index in [0.29, 0.717) is 0 Å². The summed E-state index contributed by atoms with van der Waals surface area (Å²) >= 11 is 0. The smallest absolute Gasteiger partial charge is 0.285 e. The van der Waals surface area contributed by atoms with Crippen molar-refractivity contribution in [3.8, 4) is 0 Å². The molecular weight excluding hydrogens is 224 g/mol. The third kappa shape index (κ3) is 8.12. The topological polar surface area (TPSA) is 107 Å². The molecule has 0 radical (unpaired) electrons. The predicted octanol–water partition coefficient (Wildman–Crippen LogP) is -0.828. The molecule has 0 fully saturated rings. The van der Waals surface area contributed by atoms with Crippen LogP contribution in [-0.4, -0.2) is 40.4 Å². The van der Waals surface area contributed by atoms with Crippen LogP contribution in [0.1, 0.15) is 6.92 Å². The summed E-state index contributed by atoms with van der Waals surface area (Å²) in [5.41, 5.74) is 0. The van der Waals surface area contributed by atoms with Crippen molar-refractivity contribution in [2.45, 2.75) is 6.92 Å². The first-order valence-corrected chi connectivity index (χ1v) is 6.20. The quantitative estimate of drug-likeness (QED) is 0.598. The van der Waals surface area contributed by atoms with E-state index in [1.165, 1.54) is 6.92 Å². The molecule has 80 valence electrons. The van der Waals surface area contributed by atoms with E-state index in [1.807, 2.05) is 0 Å². The zero-order chi connectivity index (χ0) is 10.5. The SMILES string of the molecule is CCOS(=O)(=O)OCCS(=O)(=O)O. The molecule has 0 aliphatic carbocycles. The monoisotopic (exact) mass is 234 g/mol. The van der Waals surface area contributed by atoms with Gasteiger partial charge in [-0.15, -0.1) is 0 Å². The lowest BCUT2D eigenvalue weighted by Crippen LogP contribution is -2.16. The standard InChI is InChI=1S/C4H10O7S2/c1-2-10-13(8,9)11-3-4-12(5,6)7/h2-4H2,1H3,(H,5,6,7). The van der Waals surface area contributed by atoms with Crippen molar-refractivity contribution < 1.29 is 29.8 Å². The minimum atomic E-state index is -4.21. The highest BCUT2D eigenvalue weighted by atomic mass is 32.3. The molecule has 1 N–H and O–H groups in total. The van der Waals surface area contributed by atoms with E-state index in [4.69, 9.17) is 4.55 Å². The maximum atomic E-state index is 10.6. The molecule has 0 aliphatic heterocycles. The van der Waals surface area contributed by atoms with Gasteiger partial charge in [0.2, 0.25) is 0 Å². The zero-order valence-electron chi connectivity index (χ0n) is 6.83. The Bertz CT molecular complexity index is 326. The zero-order valence-corrected chi connectivity index (χ0v) is 8.47. The lowest BCUT2D eigenvalue weighted by atomic mass is 10.9. The van der Waals surface area contributed by atoms with E-state index in [2.05, 4.69) is 8.37 Å². The van der Waals surface area contributed by atoms with Gasteiger partial charge >= 0.3 is 10.4 Å². The normalized spacial score (nSPS) is 13.1. The summed E-state index contributed by atoms with van der Waals surface area (Å²) in [6.45, 7) is 0.666.